The molecule has 0 bridgehead atoms. The fourth-order valence-electron chi connectivity index (χ4n) is 2.87. The largest absolute Gasteiger partial charge is 0.356 e. The van der Waals surface area contributed by atoms with Gasteiger partial charge < -0.3 is 10.6 Å². The molecule has 28 heavy (non-hydrogen) atoms. The smallest absolute Gasteiger partial charge is 0.0867 e. The maximum absolute atomic E-state index is 4.89. The topological polar surface area (TPSA) is 48.8 Å². The van der Waals surface area contributed by atoms with Crippen LogP contribution in [0.3, 0.4) is 0 Å². The van der Waals surface area contributed by atoms with Crippen molar-refractivity contribution in [3.8, 4) is 0 Å². The van der Waals surface area contributed by atoms with Crippen LogP contribution in [0.2, 0.25) is 0 Å². The van der Waals surface area contributed by atoms with Crippen LogP contribution in [0.15, 0.2) is 77.1 Å². The first kappa shape index (κ1) is 21.0. The predicted octanol–water partition coefficient (Wildman–Crippen LogP) is 7.74. The molecule has 144 valence electrons. The van der Waals surface area contributed by atoms with E-state index in [1.54, 1.807) is 0 Å². The Morgan fingerprint density at radius 2 is 0.964 bits per heavy atom. The number of nitrogens with zero attached hydrogens (tertiary/aromatic N) is 2. The normalized spacial score (nSPS) is 20.6. The first-order valence-electron chi connectivity index (χ1n) is 8.93. The quantitative estimate of drug-likeness (QED) is 0.306. The molecule has 0 radical (unpaired) electrons. The molecule has 6 heteroatoms. The van der Waals surface area contributed by atoms with Crippen molar-refractivity contribution in [2.45, 2.75) is 27.7 Å². The van der Waals surface area contributed by atoms with Crippen LogP contribution >= 0.6 is 45.2 Å². The van der Waals surface area contributed by atoms with E-state index in [-0.39, 0.29) is 0 Å². The molecule has 1 aliphatic heterocycles. The highest BCUT2D eigenvalue weighted by molar-refractivity contribution is 14.1. The van der Waals surface area contributed by atoms with Crippen molar-refractivity contribution in [3.63, 3.8) is 0 Å². The van der Waals surface area contributed by atoms with E-state index in [1.165, 1.54) is 0 Å². The number of para-hydroxylation sites is 4. The van der Waals surface area contributed by atoms with Crippen molar-refractivity contribution in [1.29, 1.82) is 0 Å². The van der Waals surface area contributed by atoms with Crippen molar-refractivity contribution >= 4 is 79.4 Å². The summed E-state index contributed by atoms with van der Waals surface area (Å²) in [5.41, 5.74) is 7.81. The molecule has 3 rings (SSSR count). The molecule has 2 N–H and O–H groups in total. The van der Waals surface area contributed by atoms with Crippen LogP contribution in [0, 0.1) is 0 Å². The van der Waals surface area contributed by atoms with Crippen LogP contribution in [-0.2, 0) is 0 Å². The molecule has 0 amide bonds. The number of nitrogens with one attached hydrogen (secondary N) is 2. The predicted molar refractivity (Wildman–Crippen MR) is 139 cm³/mol. The van der Waals surface area contributed by atoms with E-state index in [1.807, 2.05) is 50.2 Å². The van der Waals surface area contributed by atoms with Gasteiger partial charge in [-0.15, -0.1) is 0 Å². The highest BCUT2D eigenvalue weighted by Crippen LogP contribution is 2.32. The number of halogens is 2. The van der Waals surface area contributed by atoms with Gasteiger partial charge in [-0.3, -0.25) is 9.98 Å². The lowest BCUT2D eigenvalue weighted by Gasteiger charge is -2.16. The third-order valence-electron chi connectivity index (χ3n) is 4.32. The number of hydrogen-bond donors (Lipinski definition) is 2. The summed E-state index contributed by atoms with van der Waals surface area (Å²) >= 11 is 4.70. The summed E-state index contributed by atoms with van der Waals surface area (Å²) in [5.74, 6) is 0. The van der Waals surface area contributed by atoms with Gasteiger partial charge in [-0.05, 0) is 97.1 Å². The first-order valence-corrected chi connectivity index (χ1v) is 11.1. The number of benzene rings is 2. The fraction of sp³-hybridized carbons (Fsp3) is 0.182. The Morgan fingerprint density at radius 3 is 1.36 bits per heavy atom. The number of allylic oxidation sites excluding steroid dienone is 4. The van der Waals surface area contributed by atoms with Crippen LogP contribution in [0.25, 0.3) is 0 Å². The molecule has 2 aromatic carbocycles. The highest BCUT2D eigenvalue weighted by atomic mass is 127. The summed E-state index contributed by atoms with van der Waals surface area (Å²) in [6.45, 7) is 8.21. The molecule has 1 heterocycles. The summed E-state index contributed by atoms with van der Waals surface area (Å²) in [6, 6.07) is 16.2. The zero-order valence-corrected chi connectivity index (χ0v) is 20.6. The van der Waals surface area contributed by atoms with E-state index < -0.39 is 0 Å². The van der Waals surface area contributed by atoms with Crippen LogP contribution in [0.1, 0.15) is 27.7 Å². The highest BCUT2D eigenvalue weighted by Gasteiger charge is 2.11. The molecule has 0 aliphatic carbocycles. The van der Waals surface area contributed by atoms with Gasteiger partial charge in [0, 0.05) is 11.4 Å². The Labute approximate surface area is 193 Å². The van der Waals surface area contributed by atoms with Crippen LogP contribution in [0.5, 0.6) is 0 Å². The maximum Gasteiger partial charge on any atom is 0.0867 e. The van der Waals surface area contributed by atoms with Gasteiger partial charge in [0.15, 0.2) is 0 Å². The molecule has 0 saturated heterocycles. The minimum Gasteiger partial charge on any atom is -0.356 e. The molecule has 0 fully saturated rings. The van der Waals surface area contributed by atoms with E-state index >= 15 is 0 Å². The van der Waals surface area contributed by atoms with E-state index in [4.69, 9.17) is 9.98 Å². The minimum absolute atomic E-state index is 0.914. The Balaban J connectivity index is 2.23. The van der Waals surface area contributed by atoms with Crippen LogP contribution < -0.4 is 10.6 Å². The summed E-state index contributed by atoms with van der Waals surface area (Å²) in [5, 5.41) is 7.03. The summed E-state index contributed by atoms with van der Waals surface area (Å²) < 4.78 is 2.17. The third kappa shape index (κ3) is 4.83. The minimum atomic E-state index is 0.914. The lowest BCUT2D eigenvalue weighted by molar-refractivity contribution is 1.33. The third-order valence-corrected chi connectivity index (χ3v) is 7.50. The monoisotopic (exact) mass is 596 g/mol. The van der Waals surface area contributed by atoms with Crippen molar-refractivity contribution in [2.24, 2.45) is 9.98 Å². The van der Waals surface area contributed by atoms with E-state index in [0.29, 0.717) is 0 Å². The molecule has 1 aliphatic rings. The standard InChI is InChI=1S/C22H22I2N4/c1-13-21(23)14(2)26-19-11-7-8-12-20(19)28-16(4)22(24)15(3)27-18-10-6-5-9-17(18)25-13/h5-12,25,28H,1-4H3/b21-13+,22-16+,26-14?,27-15?. The Kier molecular flexibility index (Phi) is 6.92. The molecule has 0 saturated carbocycles. The van der Waals surface area contributed by atoms with Crippen molar-refractivity contribution in [3.05, 3.63) is 67.1 Å². The van der Waals surface area contributed by atoms with Gasteiger partial charge in [-0.2, -0.15) is 0 Å². The molecule has 0 unspecified atom stereocenters. The van der Waals surface area contributed by atoms with Crippen molar-refractivity contribution in [2.75, 3.05) is 10.6 Å². The number of aliphatic imine (C=N–C) groups is 2. The molecular formula is C22H22I2N4. The van der Waals surface area contributed by atoms with Crippen LogP contribution in [0.4, 0.5) is 22.7 Å². The van der Waals surface area contributed by atoms with Crippen molar-refractivity contribution < 1.29 is 0 Å². The van der Waals surface area contributed by atoms with E-state index in [0.717, 1.165) is 52.7 Å². The first-order chi connectivity index (χ1) is 13.4. The van der Waals surface area contributed by atoms with E-state index in [2.05, 4.69) is 81.8 Å². The SMILES string of the molecule is CC1=Nc2ccccc2N/C(C)=C(/I)C(C)=Nc2ccccc2N/C(C)=C\1I. The lowest BCUT2D eigenvalue weighted by atomic mass is 10.2. The Hall–Kier alpha value is -1.68. The number of fused-ring (bicyclic) bond motifs is 2. The molecule has 0 atom stereocenters. The zero-order valence-electron chi connectivity index (χ0n) is 16.3. The van der Waals surface area contributed by atoms with Gasteiger partial charge in [0.05, 0.1) is 41.3 Å². The summed E-state index contributed by atoms with van der Waals surface area (Å²) in [4.78, 5) is 9.77. The van der Waals surface area contributed by atoms with Gasteiger partial charge >= 0.3 is 0 Å². The molecule has 2 aromatic rings. The van der Waals surface area contributed by atoms with Crippen molar-refractivity contribution in [1.82, 2.24) is 0 Å². The molecule has 4 nitrogen and oxygen atoms in total. The molecular weight excluding hydrogens is 574 g/mol. The number of anilines is 2. The van der Waals surface area contributed by atoms with Crippen LogP contribution in [-0.4, -0.2) is 11.4 Å². The van der Waals surface area contributed by atoms with Gasteiger partial charge in [0.2, 0.25) is 0 Å². The Bertz CT molecular complexity index is 949. The lowest BCUT2D eigenvalue weighted by Crippen LogP contribution is -2.06. The average Bonchev–Trinajstić information content (AvgIpc) is 2.68. The van der Waals surface area contributed by atoms with Gasteiger partial charge in [0.25, 0.3) is 0 Å². The van der Waals surface area contributed by atoms with Gasteiger partial charge in [-0.25, -0.2) is 0 Å². The number of rotatable bonds is 0. The number of hydrogen-bond acceptors (Lipinski definition) is 4. The maximum atomic E-state index is 4.89. The summed E-state index contributed by atoms with van der Waals surface area (Å²) in [7, 11) is 0. The molecule has 0 aromatic heterocycles. The zero-order chi connectivity index (χ0) is 20.3. The molecule has 0 spiro atoms. The second-order valence-corrected chi connectivity index (χ2v) is 8.71. The van der Waals surface area contributed by atoms with Gasteiger partial charge in [-0.1, -0.05) is 24.3 Å². The fourth-order valence-corrected chi connectivity index (χ4v) is 3.38. The van der Waals surface area contributed by atoms with Gasteiger partial charge in [0.1, 0.15) is 0 Å². The average molecular weight is 596 g/mol. The second kappa shape index (κ2) is 9.21. The summed E-state index contributed by atoms with van der Waals surface area (Å²) in [6.07, 6.45) is 0. The second-order valence-electron chi connectivity index (χ2n) is 6.56. The van der Waals surface area contributed by atoms with E-state index in [9.17, 15) is 0 Å². The Morgan fingerprint density at radius 1 is 0.607 bits per heavy atom.